The van der Waals surface area contributed by atoms with Crippen LogP contribution < -0.4 is 5.73 Å². The van der Waals surface area contributed by atoms with Crippen LogP contribution in [0.15, 0.2) is 43.6 Å². The number of pyridine rings is 1. The van der Waals surface area contributed by atoms with Crippen LogP contribution in [0.2, 0.25) is 0 Å². The number of hydrogen-bond acceptors (Lipinski definition) is 5. The van der Waals surface area contributed by atoms with E-state index in [1.165, 1.54) is 0 Å². The molecule has 0 aliphatic carbocycles. The number of nitrogens with two attached hydrogens (primary N) is 1. The number of aromatic nitrogens is 2. The molecule has 2 rings (SSSR count). The molecule has 0 saturated carbocycles. The Morgan fingerprint density at radius 1 is 1.39 bits per heavy atom. The first kappa shape index (κ1) is 16.8. The maximum absolute atomic E-state index is 12.2. The fourth-order valence-electron chi connectivity index (χ4n) is 2.40. The Morgan fingerprint density at radius 3 is 2.70 bits per heavy atom. The molecule has 0 atom stereocenters. The summed E-state index contributed by atoms with van der Waals surface area (Å²) in [5, 5.41) is 0. The molecule has 0 aromatic carbocycles. The Hall–Kier alpha value is -2.60. The first-order valence-corrected chi connectivity index (χ1v) is 7.48. The van der Waals surface area contributed by atoms with Crippen LogP contribution in [0.25, 0.3) is 5.65 Å². The summed E-state index contributed by atoms with van der Waals surface area (Å²) >= 11 is 0. The summed E-state index contributed by atoms with van der Waals surface area (Å²) in [6.45, 7) is 11.5. The number of nitrogens with zero attached hydrogens (tertiary/aromatic N) is 3. The predicted molar refractivity (Wildman–Crippen MR) is 91.2 cm³/mol. The van der Waals surface area contributed by atoms with E-state index in [9.17, 15) is 4.79 Å². The van der Waals surface area contributed by atoms with Gasteiger partial charge in [-0.2, -0.15) is 0 Å². The van der Waals surface area contributed by atoms with Gasteiger partial charge in [-0.05, 0) is 19.1 Å². The summed E-state index contributed by atoms with van der Waals surface area (Å²) in [5.74, 6) is -0.429. The average Bonchev–Trinajstić information content (AvgIpc) is 2.86. The molecule has 0 aliphatic rings. The maximum Gasteiger partial charge on any atom is 0.358 e. The first-order valence-electron chi connectivity index (χ1n) is 7.48. The van der Waals surface area contributed by atoms with Crippen LogP contribution in [0.4, 0.5) is 5.69 Å². The van der Waals surface area contributed by atoms with Crippen LogP contribution in [-0.2, 0) is 11.3 Å². The average molecular weight is 314 g/mol. The van der Waals surface area contributed by atoms with Gasteiger partial charge in [0.1, 0.15) is 5.65 Å². The van der Waals surface area contributed by atoms with Gasteiger partial charge >= 0.3 is 5.97 Å². The minimum absolute atomic E-state index is 0.303. The third-order valence-electron chi connectivity index (χ3n) is 3.36. The third kappa shape index (κ3) is 3.78. The van der Waals surface area contributed by atoms with Gasteiger partial charge < -0.3 is 10.5 Å². The predicted octanol–water partition coefficient (Wildman–Crippen LogP) is 2.27. The summed E-state index contributed by atoms with van der Waals surface area (Å²) < 4.78 is 6.96. The molecule has 0 saturated heterocycles. The Labute approximate surface area is 135 Å². The fourth-order valence-corrected chi connectivity index (χ4v) is 2.40. The molecular formula is C17H22N4O2. The van der Waals surface area contributed by atoms with Crippen molar-refractivity contribution in [1.82, 2.24) is 14.3 Å². The first-order chi connectivity index (χ1) is 11.1. The lowest BCUT2D eigenvalue weighted by Crippen LogP contribution is -2.25. The van der Waals surface area contributed by atoms with Crippen LogP contribution in [0.1, 0.15) is 23.1 Å². The molecule has 2 heterocycles. The largest absolute Gasteiger partial charge is 0.461 e. The van der Waals surface area contributed by atoms with Crippen molar-refractivity contribution in [2.75, 3.05) is 25.4 Å². The summed E-state index contributed by atoms with van der Waals surface area (Å²) in [4.78, 5) is 18.7. The highest BCUT2D eigenvalue weighted by molar-refractivity contribution is 5.89. The number of rotatable bonds is 8. The molecule has 0 radical (unpaired) electrons. The van der Waals surface area contributed by atoms with Crippen molar-refractivity contribution in [3.8, 4) is 0 Å². The molecular weight excluding hydrogens is 292 g/mol. The molecule has 122 valence electrons. The van der Waals surface area contributed by atoms with Gasteiger partial charge in [-0.3, -0.25) is 9.30 Å². The minimum atomic E-state index is -0.429. The van der Waals surface area contributed by atoms with E-state index in [1.54, 1.807) is 25.3 Å². The summed E-state index contributed by atoms with van der Waals surface area (Å²) in [5.41, 5.74) is 8.20. The summed E-state index contributed by atoms with van der Waals surface area (Å²) in [7, 11) is 0. The molecule has 2 aromatic rings. The minimum Gasteiger partial charge on any atom is -0.461 e. The number of nitrogen functional groups attached to an aromatic ring is 1. The molecule has 0 fully saturated rings. The highest BCUT2D eigenvalue weighted by atomic mass is 16.5. The lowest BCUT2D eigenvalue weighted by molar-refractivity contribution is 0.0517. The lowest BCUT2D eigenvalue weighted by atomic mass is 10.2. The fraction of sp³-hybridized carbons (Fsp3) is 0.294. The van der Waals surface area contributed by atoms with Crippen molar-refractivity contribution in [3.05, 3.63) is 55.0 Å². The van der Waals surface area contributed by atoms with E-state index in [2.05, 4.69) is 23.0 Å². The van der Waals surface area contributed by atoms with E-state index in [4.69, 9.17) is 10.5 Å². The molecule has 2 N–H and O–H groups in total. The van der Waals surface area contributed by atoms with Gasteiger partial charge in [0, 0.05) is 31.5 Å². The van der Waals surface area contributed by atoms with Crippen LogP contribution in [0, 0.1) is 0 Å². The zero-order valence-corrected chi connectivity index (χ0v) is 13.4. The van der Waals surface area contributed by atoms with Gasteiger partial charge in [-0.15, -0.1) is 13.2 Å². The van der Waals surface area contributed by atoms with Gasteiger partial charge in [0.25, 0.3) is 0 Å². The highest BCUT2D eigenvalue weighted by Crippen LogP contribution is 2.18. The van der Waals surface area contributed by atoms with Gasteiger partial charge in [-0.1, -0.05) is 12.2 Å². The number of hydrogen-bond donors (Lipinski definition) is 1. The lowest BCUT2D eigenvalue weighted by Gasteiger charge is -2.19. The van der Waals surface area contributed by atoms with Crippen LogP contribution in [0.5, 0.6) is 0 Å². The Bertz CT molecular complexity index is 711. The van der Waals surface area contributed by atoms with E-state index in [-0.39, 0.29) is 0 Å². The van der Waals surface area contributed by atoms with Gasteiger partial charge in [-0.25, -0.2) is 9.78 Å². The maximum atomic E-state index is 12.2. The second kappa shape index (κ2) is 7.60. The number of carbonyl (C=O) groups excluding carboxylic acids is 1. The topological polar surface area (TPSA) is 72.9 Å². The van der Waals surface area contributed by atoms with E-state index in [1.807, 2.05) is 16.6 Å². The molecule has 0 unspecified atom stereocenters. The second-order valence-corrected chi connectivity index (χ2v) is 5.09. The normalized spacial score (nSPS) is 10.9. The SMILES string of the molecule is C=CCN(CC=C)Cc1c(C(=O)OCC)nc2ccc(N)cn12. The number of ether oxygens (including phenoxy) is 1. The Kier molecular flexibility index (Phi) is 5.54. The van der Waals surface area contributed by atoms with Crippen LogP contribution in [-0.4, -0.2) is 40.0 Å². The number of esters is 1. The van der Waals surface area contributed by atoms with Crippen molar-refractivity contribution in [2.24, 2.45) is 0 Å². The Morgan fingerprint density at radius 2 is 2.09 bits per heavy atom. The molecule has 6 heteroatoms. The van der Waals surface area contributed by atoms with Crippen molar-refractivity contribution in [3.63, 3.8) is 0 Å². The number of anilines is 1. The molecule has 23 heavy (non-hydrogen) atoms. The smallest absolute Gasteiger partial charge is 0.358 e. The molecule has 0 amide bonds. The summed E-state index contributed by atoms with van der Waals surface area (Å²) in [6.07, 6.45) is 5.39. The van der Waals surface area contributed by atoms with Crippen molar-refractivity contribution in [1.29, 1.82) is 0 Å². The third-order valence-corrected chi connectivity index (χ3v) is 3.36. The van der Waals surface area contributed by atoms with Gasteiger partial charge in [0.05, 0.1) is 12.3 Å². The monoisotopic (exact) mass is 314 g/mol. The van der Waals surface area contributed by atoms with E-state index < -0.39 is 5.97 Å². The molecule has 6 nitrogen and oxygen atoms in total. The van der Waals surface area contributed by atoms with E-state index in [0.717, 1.165) is 5.69 Å². The summed E-state index contributed by atoms with van der Waals surface area (Å²) in [6, 6.07) is 3.54. The highest BCUT2D eigenvalue weighted by Gasteiger charge is 2.21. The number of fused-ring (bicyclic) bond motifs is 1. The number of imidazole rings is 1. The molecule has 2 aromatic heterocycles. The molecule has 0 aliphatic heterocycles. The van der Waals surface area contributed by atoms with Gasteiger partial charge in [0.2, 0.25) is 0 Å². The van der Waals surface area contributed by atoms with Crippen molar-refractivity contribution >= 4 is 17.3 Å². The van der Waals surface area contributed by atoms with Crippen molar-refractivity contribution < 1.29 is 9.53 Å². The van der Waals surface area contributed by atoms with Gasteiger partial charge in [0.15, 0.2) is 5.69 Å². The zero-order chi connectivity index (χ0) is 16.8. The quantitative estimate of drug-likeness (QED) is 0.598. The second-order valence-electron chi connectivity index (χ2n) is 5.09. The Balaban J connectivity index is 2.49. The zero-order valence-electron chi connectivity index (χ0n) is 13.4. The molecule has 0 spiro atoms. The van der Waals surface area contributed by atoms with Crippen LogP contribution >= 0.6 is 0 Å². The van der Waals surface area contributed by atoms with E-state index in [0.29, 0.717) is 43.3 Å². The van der Waals surface area contributed by atoms with Crippen molar-refractivity contribution in [2.45, 2.75) is 13.5 Å². The van der Waals surface area contributed by atoms with Crippen LogP contribution in [0.3, 0.4) is 0 Å². The van der Waals surface area contributed by atoms with E-state index >= 15 is 0 Å². The number of carbonyl (C=O) groups is 1. The standard InChI is InChI=1S/C17H22N4O2/c1-4-9-20(10-5-2)12-14-16(17(22)23-6-3)19-15-8-7-13(18)11-21(14)15/h4-5,7-8,11H,1-2,6,9-10,12,18H2,3H3. The molecule has 0 bridgehead atoms.